The van der Waals surface area contributed by atoms with E-state index in [9.17, 15) is 0 Å². The van der Waals surface area contributed by atoms with Crippen LogP contribution in [0.15, 0.2) is 6.20 Å². The van der Waals surface area contributed by atoms with E-state index in [1.165, 1.54) is 18.5 Å². The van der Waals surface area contributed by atoms with E-state index >= 15 is 0 Å². The molecule has 2 nitrogen and oxygen atoms in total. The van der Waals surface area contributed by atoms with Gasteiger partial charge in [-0.2, -0.15) is 0 Å². The van der Waals surface area contributed by atoms with Crippen LogP contribution in [-0.2, 0) is 13.0 Å². The van der Waals surface area contributed by atoms with Crippen LogP contribution < -0.4 is 0 Å². The van der Waals surface area contributed by atoms with Crippen LogP contribution in [0.1, 0.15) is 39.3 Å². The minimum Gasteiger partial charge on any atom is -0.337 e. The molecule has 1 N–H and O–H groups in total. The molecule has 0 bridgehead atoms. The fourth-order valence-corrected chi connectivity index (χ4v) is 2.53. The zero-order valence-corrected chi connectivity index (χ0v) is 10.7. The largest absolute Gasteiger partial charge is 0.337 e. The molecule has 0 aliphatic heterocycles. The highest BCUT2D eigenvalue weighted by Gasteiger charge is 2.45. The Hall–Kier alpha value is -0.570. The number of aryl methyl sites for hydroxylation is 1. The van der Waals surface area contributed by atoms with E-state index < -0.39 is 0 Å². The first kappa shape index (κ1) is 10.9. The monoisotopic (exact) mass is 224 g/mol. The van der Waals surface area contributed by atoms with Crippen molar-refractivity contribution in [2.24, 2.45) is 11.3 Å². The van der Waals surface area contributed by atoms with Gasteiger partial charge >= 0.3 is 0 Å². The van der Waals surface area contributed by atoms with Gasteiger partial charge in [-0.1, -0.05) is 20.8 Å². The van der Waals surface area contributed by atoms with Gasteiger partial charge in [0.05, 0.1) is 0 Å². The SMILES string of the molecule is CCc1c[nH]c(=S)n1CC1(C(C)C)CC1. The van der Waals surface area contributed by atoms with Gasteiger partial charge in [0, 0.05) is 18.4 Å². The molecule has 1 heterocycles. The number of hydrogen-bond donors (Lipinski definition) is 1. The highest BCUT2D eigenvalue weighted by Crippen LogP contribution is 2.53. The van der Waals surface area contributed by atoms with Crippen molar-refractivity contribution < 1.29 is 0 Å². The van der Waals surface area contributed by atoms with Crippen molar-refractivity contribution in [2.45, 2.75) is 46.6 Å². The Bertz CT molecular complexity index is 396. The van der Waals surface area contributed by atoms with Crippen LogP contribution in [-0.4, -0.2) is 9.55 Å². The molecule has 0 spiro atoms. The molecule has 0 saturated heterocycles. The molecule has 1 aromatic rings. The fraction of sp³-hybridized carbons (Fsp3) is 0.750. The van der Waals surface area contributed by atoms with Crippen LogP contribution >= 0.6 is 12.2 Å². The molecule has 15 heavy (non-hydrogen) atoms. The third-order valence-corrected chi connectivity index (χ3v) is 4.24. The lowest BCUT2D eigenvalue weighted by molar-refractivity contribution is 0.304. The van der Waals surface area contributed by atoms with Crippen LogP contribution in [0.4, 0.5) is 0 Å². The molecule has 1 aliphatic carbocycles. The highest BCUT2D eigenvalue weighted by molar-refractivity contribution is 7.71. The average Bonchev–Trinajstić information content (AvgIpc) is 2.90. The summed E-state index contributed by atoms with van der Waals surface area (Å²) in [7, 11) is 0. The van der Waals surface area contributed by atoms with Crippen molar-refractivity contribution in [1.29, 1.82) is 0 Å². The van der Waals surface area contributed by atoms with Gasteiger partial charge in [-0.3, -0.25) is 0 Å². The van der Waals surface area contributed by atoms with Gasteiger partial charge in [-0.25, -0.2) is 0 Å². The molecular formula is C12H20N2S. The molecular weight excluding hydrogens is 204 g/mol. The third-order valence-electron chi connectivity index (χ3n) is 3.91. The van der Waals surface area contributed by atoms with Gasteiger partial charge in [-0.05, 0) is 42.8 Å². The number of H-pyrrole nitrogens is 1. The summed E-state index contributed by atoms with van der Waals surface area (Å²) in [6.07, 6.45) is 5.83. The molecule has 1 aromatic heterocycles. The molecule has 1 aliphatic rings. The molecule has 0 atom stereocenters. The van der Waals surface area contributed by atoms with Crippen LogP contribution in [0.25, 0.3) is 0 Å². The van der Waals surface area contributed by atoms with Crippen molar-refractivity contribution in [3.63, 3.8) is 0 Å². The first-order valence-corrected chi connectivity index (χ1v) is 6.27. The zero-order valence-electron chi connectivity index (χ0n) is 9.84. The summed E-state index contributed by atoms with van der Waals surface area (Å²) < 4.78 is 3.18. The van der Waals surface area contributed by atoms with Crippen molar-refractivity contribution in [3.05, 3.63) is 16.7 Å². The van der Waals surface area contributed by atoms with Gasteiger partial charge in [0.2, 0.25) is 0 Å². The first-order valence-electron chi connectivity index (χ1n) is 5.86. The lowest BCUT2D eigenvalue weighted by Gasteiger charge is -2.21. The smallest absolute Gasteiger partial charge is 0.177 e. The minimum atomic E-state index is 0.532. The summed E-state index contributed by atoms with van der Waals surface area (Å²) in [5, 5.41) is 0. The molecule has 1 saturated carbocycles. The quantitative estimate of drug-likeness (QED) is 0.776. The zero-order chi connectivity index (χ0) is 11.1. The summed E-state index contributed by atoms with van der Waals surface area (Å²) in [6.45, 7) is 7.95. The van der Waals surface area contributed by atoms with Crippen molar-refractivity contribution >= 4 is 12.2 Å². The number of aromatic nitrogens is 2. The minimum absolute atomic E-state index is 0.532. The number of hydrogen-bond acceptors (Lipinski definition) is 1. The second-order valence-electron chi connectivity index (χ2n) is 5.04. The molecule has 0 radical (unpaired) electrons. The Morgan fingerprint density at radius 3 is 2.67 bits per heavy atom. The van der Waals surface area contributed by atoms with Crippen molar-refractivity contribution in [2.75, 3.05) is 0 Å². The third kappa shape index (κ3) is 1.89. The lowest BCUT2D eigenvalue weighted by atomic mass is 9.92. The maximum Gasteiger partial charge on any atom is 0.177 e. The Morgan fingerprint density at radius 1 is 1.53 bits per heavy atom. The normalized spacial score (nSPS) is 18.4. The van der Waals surface area contributed by atoms with E-state index in [0.717, 1.165) is 23.7 Å². The maximum atomic E-state index is 5.33. The number of imidazole rings is 1. The lowest BCUT2D eigenvalue weighted by Crippen LogP contribution is -2.19. The number of nitrogens with zero attached hydrogens (tertiary/aromatic N) is 1. The second kappa shape index (κ2) is 3.78. The predicted molar refractivity (Wildman–Crippen MR) is 65.5 cm³/mol. The molecule has 1 fully saturated rings. The van der Waals surface area contributed by atoms with Crippen LogP contribution in [0.2, 0.25) is 0 Å². The van der Waals surface area contributed by atoms with E-state index in [2.05, 4.69) is 36.5 Å². The van der Waals surface area contributed by atoms with Crippen LogP contribution in [0.3, 0.4) is 0 Å². The van der Waals surface area contributed by atoms with Crippen LogP contribution in [0.5, 0.6) is 0 Å². The molecule has 3 heteroatoms. The Kier molecular flexibility index (Phi) is 2.75. The standard InChI is InChI=1S/C12H20N2S/c1-4-10-7-13-11(15)14(10)8-12(5-6-12)9(2)3/h7,9H,4-6,8H2,1-3H3,(H,13,15). The average molecular weight is 224 g/mol. The van der Waals surface area contributed by atoms with E-state index in [0.29, 0.717) is 5.41 Å². The number of aromatic amines is 1. The molecule has 0 unspecified atom stereocenters. The number of nitrogens with one attached hydrogen (secondary N) is 1. The maximum absolute atomic E-state index is 5.33. The topological polar surface area (TPSA) is 20.7 Å². The number of rotatable bonds is 4. The van der Waals surface area contributed by atoms with Gasteiger partial charge in [0.15, 0.2) is 4.77 Å². The van der Waals surface area contributed by atoms with Gasteiger partial charge in [0.1, 0.15) is 0 Å². The highest BCUT2D eigenvalue weighted by atomic mass is 32.1. The Balaban J connectivity index is 2.24. The first-order chi connectivity index (χ1) is 7.09. The van der Waals surface area contributed by atoms with Crippen molar-refractivity contribution in [1.82, 2.24) is 9.55 Å². The molecule has 2 rings (SSSR count). The Labute approximate surface area is 96.7 Å². The van der Waals surface area contributed by atoms with Crippen molar-refractivity contribution in [3.8, 4) is 0 Å². The van der Waals surface area contributed by atoms with E-state index in [-0.39, 0.29) is 0 Å². The Morgan fingerprint density at radius 2 is 2.20 bits per heavy atom. The van der Waals surface area contributed by atoms with E-state index in [1.807, 2.05) is 0 Å². The second-order valence-corrected chi connectivity index (χ2v) is 5.43. The van der Waals surface area contributed by atoms with Gasteiger partial charge < -0.3 is 9.55 Å². The summed E-state index contributed by atoms with van der Waals surface area (Å²) >= 11 is 5.33. The van der Waals surface area contributed by atoms with Gasteiger partial charge in [0.25, 0.3) is 0 Å². The summed E-state index contributed by atoms with van der Waals surface area (Å²) in [6, 6.07) is 0. The summed E-state index contributed by atoms with van der Waals surface area (Å²) in [5.41, 5.74) is 1.87. The summed E-state index contributed by atoms with van der Waals surface area (Å²) in [4.78, 5) is 3.16. The van der Waals surface area contributed by atoms with E-state index in [1.54, 1.807) is 0 Å². The van der Waals surface area contributed by atoms with Crippen LogP contribution in [0, 0.1) is 16.1 Å². The fourth-order valence-electron chi connectivity index (χ4n) is 2.29. The molecule has 0 aromatic carbocycles. The van der Waals surface area contributed by atoms with E-state index in [4.69, 9.17) is 12.2 Å². The predicted octanol–water partition coefficient (Wildman–Crippen LogP) is 3.54. The van der Waals surface area contributed by atoms with Gasteiger partial charge in [-0.15, -0.1) is 0 Å². The summed E-state index contributed by atoms with van der Waals surface area (Å²) in [5.74, 6) is 0.763. The molecule has 84 valence electrons. The molecule has 0 amide bonds.